The van der Waals surface area contributed by atoms with Gasteiger partial charge in [-0.25, -0.2) is 0 Å². The van der Waals surface area contributed by atoms with Crippen LogP contribution in [0.25, 0.3) is 0 Å². The molecule has 1 rings (SSSR count). The van der Waals surface area contributed by atoms with Crippen molar-refractivity contribution < 1.29 is 0 Å². The average Bonchev–Trinajstić information content (AvgIpc) is 2.26. The lowest BCUT2D eigenvalue weighted by Gasteiger charge is -2.24. The maximum atomic E-state index is 3.55. The Balaban J connectivity index is 2.71. The topological polar surface area (TPSA) is 24.1 Å². The molecule has 1 aromatic carbocycles. The fourth-order valence-corrected chi connectivity index (χ4v) is 2.07. The van der Waals surface area contributed by atoms with E-state index in [1.165, 1.54) is 11.1 Å². The third-order valence-electron chi connectivity index (χ3n) is 2.98. The zero-order valence-electron chi connectivity index (χ0n) is 11.8. The molecule has 17 heavy (non-hydrogen) atoms. The Morgan fingerprint density at radius 2 is 1.82 bits per heavy atom. The van der Waals surface area contributed by atoms with Crippen LogP contribution in [-0.4, -0.2) is 19.6 Å². The van der Waals surface area contributed by atoms with Gasteiger partial charge in [-0.15, -0.1) is 0 Å². The van der Waals surface area contributed by atoms with Crippen LogP contribution in [0.5, 0.6) is 0 Å². The molecule has 0 radical (unpaired) electrons. The van der Waals surface area contributed by atoms with Crippen LogP contribution >= 0.6 is 0 Å². The Kier molecular flexibility index (Phi) is 5.16. The van der Waals surface area contributed by atoms with Gasteiger partial charge in [-0.05, 0) is 30.5 Å². The Morgan fingerprint density at radius 1 is 1.18 bits per heavy atom. The van der Waals surface area contributed by atoms with Crippen LogP contribution in [0.15, 0.2) is 24.3 Å². The lowest BCUT2D eigenvalue weighted by Crippen LogP contribution is -2.34. The molecule has 0 aliphatic rings. The number of nitrogens with one attached hydrogen (secondary N) is 2. The normalized spacial score (nSPS) is 13.7. The molecule has 0 saturated carbocycles. The summed E-state index contributed by atoms with van der Waals surface area (Å²) < 4.78 is 0. The Bertz CT molecular complexity index is 339. The van der Waals surface area contributed by atoms with Crippen molar-refractivity contribution in [2.24, 2.45) is 0 Å². The van der Waals surface area contributed by atoms with Crippen LogP contribution in [-0.2, 0) is 12.0 Å². The minimum Gasteiger partial charge on any atom is -0.318 e. The summed E-state index contributed by atoms with van der Waals surface area (Å²) in [7, 11) is 1.99. The lowest BCUT2D eigenvalue weighted by molar-refractivity contribution is 0.512. The second kappa shape index (κ2) is 6.18. The summed E-state index contributed by atoms with van der Waals surface area (Å²) in [6, 6.07) is 9.20. The second-order valence-corrected chi connectivity index (χ2v) is 5.75. The van der Waals surface area contributed by atoms with E-state index in [1.54, 1.807) is 0 Å². The van der Waals surface area contributed by atoms with Gasteiger partial charge in [0, 0.05) is 19.1 Å². The van der Waals surface area contributed by atoms with Crippen LogP contribution < -0.4 is 10.6 Å². The van der Waals surface area contributed by atoms with Crippen LogP contribution in [0.3, 0.4) is 0 Å². The monoisotopic (exact) mass is 234 g/mol. The van der Waals surface area contributed by atoms with Crippen LogP contribution in [0.1, 0.15) is 38.8 Å². The van der Waals surface area contributed by atoms with E-state index in [2.05, 4.69) is 62.6 Å². The van der Waals surface area contributed by atoms with E-state index in [1.807, 2.05) is 7.05 Å². The summed E-state index contributed by atoms with van der Waals surface area (Å²) >= 11 is 0. The summed E-state index contributed by atoms with van der Waals surface area (Å²) in [5.74, 6) is 0. The molecule has 2 nitrogen and oxygen atoms in total. The molecule has 0 aliphatic heterocycles. The molecule has 96 valence electrons. The fourth-order valence-electron chi connectivity index (χ4n) is 2.07. The Labute approximate surface area is 106 Å². The molecule has 1 atom stereocenters. The summed E-state index contributed by atoms with van der Waals surface area (Å²) in [6.07, 6.45) is 0. The van der Waals surface area contributed by atoms with Gasteiger partial charge in [0.05, 0.1) is 0 Å². The minimum atomic E-state index is 0.213. The van der Waals surface area contributed by atoms with Crippen LogP contribution in [0, 0.1) is 0 Å². The average molecular weight is 234 g/mol. The highest BCUT2D eigenvalue weighted by Gasteiger charge is 2.17. The van der Waals surface area contributed by atoms with Crippen molar-refractivity contribution in [1.82, 2.24) is 10.6 Å². The summed E-state index contributed by atoms with van der Waals surface area (Å²) in [4.78, 5) is 0. The number of likely N-dealkylation sites (N-methyl/N-ethyl adjacent to an activating group) is 1. The van der Waals surface area contributed by atoms with E-state index < -0.39 is 0 Å². The molecule has 0 heterocycles. The molecule has 2 N–H and O–H groups in total. The van der Waals surface area contributed by atoms with Crippen molar-refractivity contribution in [3.63, 3.8) is 0 Å². The van der Waals surface area contributed by atoms with Gasteiger partial charge in [0.15, 0.2) is 0 Å². The molecule has 0 amide bonds. The smallest absolute Gasteiger partial charge is 0.0211 e. The van der Waals surface area contributed by atoms with Gasteiger partial charge in [0.2, 0.25) is 0 Å². The molecular formula is C15H26N2. The van der Waals surface area contributed by atoms with Crippen molar-refractivity contribution in [3.8, 4) is 0 Å². The van der Waals surface area contributed by atoms with Crippen molar-refractivity contribution in [2.75, 3.05) is 13.6 Å². The highest BCUT2D eigenvalue weighted by molar-refractivity contribution is 5.32. The van der Waals surface area contributed by atoms with Crippen molar-refractivity contribution in [3.05, 3.63) is 35.4 Å². The van der Waals surface area contributed by atoms with Gasteiger partial charge in [-0.3, -0.25) is 0 Å². The molecule has 0 bridgehead atoms. The molecule has 0 fully saturated rings. The molecule has 0 aliphatic carbocycles. The first kappa shape index (κ1) is 14.2. The SMILES string of the molecule is CNCC(C)NCc1ccccc1C(C)(C)C. The third-order valence-corrected chi connectivity index (χ3v) is 2.98. The molecule has 1 unspecified atom stereocenters. The summed E-state index contributed by atoms with van der Waals surface area (Å²) in [5.41, 5.74) is 3.05. The van der Waals surface area contributed by atoms with Gasteiger partial charge in [-0.2, -0.15) is 0 Å². The van der Waals surface area contributed by atoms with Crippen LogP contribution in [0.4, 0.5) is 0 Å². The fraction of sp³-hybridized carbons (Fsp3) is 0.600. The lowest BCUT2D eigenvalue weighted by atomic mass is 9.84. The van der Waals surface area contributed by atoms with Gasteiger partial charge in [0.25, 0.3) is 0 Å². The molecule has 2 heteroatoms. The zero-order valence-corrected chi connectivity index (χ0v) is 11.8. The number of benzene rings is 1. The first-order valence-corrected chi connectivity index (χ1v) is 6.41. The van der Waals surface area contributed by atoms with Crippen molar-refractivity contribution in [1.29, 1.82) is 0 Å². The first-order chi connectivity index (χ1) is 7.95. The minimum absolute atomic E-state index is 0.213. The standard InChI is InChI=1S/C15H26N2/c1-12(10-16-5)17-11-13-8-6-7-9-14(13)15(2,3)4/h6-9,12,16-17H,10-11H2,1-5H3. The van der Waals surface area contributed by atoms with E-state index >= 15 is 0 Å². The predicted molar refractivity (Wildman–Crippen MR) is 75.4 cm³/mol. The molecule has 0 saturated heterocycles. The maximum Gasteiger partial charge on any atom is 0.0211 e. The van der Waals surface area contributed by atoms with Gasteiger partial charge in [0.1, 0.15) is 0 Å². The van der Waals surface area contributed by atoms with Gasteiger partial charge in [-0.1, -0.05) is 45.0 Å². The quantitative estimate of drug-likeness (QED) is 0.818. The number of hydrogen-bond acceptors (Lipinski definition) is 2. The van der Waals surface area contributed by atoms with E-state index in [-0.39, 0.29) is 5.41 Å². The number of rotatable bonds is 5. The molecule has 0 aromatic heterocycles. The second-order valence-electron chi connectivity index (χ2n) is 5.75. The summed E-state index contributed by atoms with van der Waals surface area (Å²) in [6.45, 7) is 10.9. The van der Waals surface area contributed by atoms with Crippen molar-refractivity contribution >= 4 is 0 Å². The first-order valence-electron chi connectivity index (χ1n) is 6.41. The molecule has 1 aromatic rings. The van der Waals surface area contributed by atoms with E-state index in [4.69, 9.17) is 0 Å². The number of hydrogen-bond donors (Lipinski definition) is 2. The van der Waals surface area contributed by atoms with E-state index in [0.717, 1.165) is 13.1 Å². The van der Waals surface area contributed by atoms with Gasteiger partial charge >= 0.3 is 0 Å². The highest BCUT2D eigenvalue weighted by atomic mass is 15.0. The largest absolute Gasteiger partial charge is 0.318 e. The molecular weight excluding hydrogens is 208 g/mol. The van der Waals surface area contributed by atoms with E-state index in [9.17, 15) is 0 Å². The van der Waals surface area contributed by atoms with Crippen LogP contribution in [0.2, 0.25) is 0 Å². The predicted octanol–water partition coefficient (Wildman–Crippen LogP) is 2.68. The Hall–Kier alpha value is -0.860. The highest BCUT2D eigenvalue weighted by Crippen LogP contribution is 2.25. The summed E-state index contributed by atoms with van der Waals surface area (Å²) in [5, 5.41) is 6.74. The maximum absolute atomic E-state index is 3.55. The zero-order chi connectivity index (χ0) is 12.9. The molecule has 0 spiro atoms. The van der Waals surface area contributed by atoms with Gasteiger partial charge < -0.3 is 10.6 Å². The van der Waals surface area contributed by atoms with E-state index in [0.29, 0.717) is 6.04 Å². The van der Waals surface area contributed by atoms with Crippen molar-refractivity contribution in [2.45, 2.75) is 45.7 Å². The Morgan fingerprint density at radius 3 is 2.41 bits per heavy atom. The third kappa shape index (κ3) is 4.49.